The van der Waals surface area contributed by atoms with Crippen LogP contribution in [0.2, 0.25) is 0 Å². The van der Waals surface area contributed by atoms with Crippen LogP contribution in [0.25, 0.3) is 0 Å². The van der Waals surface area contributed by atoms with Gasteiger partial charge in [0.05, 0.1) is 7.11 Å². The fraction of sp³-hybridized carbons (Fsp3) is 0.696. The number of methoxy groups -OCH3 is 1. The lowest BCUT2D eigenvalue weighted by molar-refractivity contribution is -0.197. The van der Waals surface area contributed by atoms with Gasteiger partial charge in [-0.05, 0) is 68.8 Å². The molecular weight excluding hydrogens is 372 g/mol. The van der Waals surface area contributed by atoms with Crippen molar-refractivity contribution < 1.29 is 28.6 Å². The van der Waals surface area contributed by atoms with Crippen molar-refractivity contribution >= 4 is 17.9 Å². The highest BCUT2D eigenvalue weighted by Gasteiger charge is 2.62. The molecule has 0 radical (unpaired) electrons. The molecule has 5 atom stereocenters. The zero-order valence-corrected chi connectivity index (χ0v) is 17.9. The van der Waals surface area contributed by atoms with Crippen LogP contribution in [0.3, 0.4) is 0 Å². The number of hydrogen-bond donors (Lipinski definition) is 0. The van der Waals surface area contributed by atoms with Gasteiger partial charge in [0.15, 0.2) is 0 Å². The summed E-state index contributed by atoms with van der Waals surface area (Å²) in [7, 11) is 1.39. The molecule has 6 nitrogen and oxygen atoms in total. The number of allylic oxidation sites excluding steroid dienone is 1. The second-order valence-corrected chi connectivity index (χ2v) is 9.09. The van der Waals surface area contributed by atoms with E-state index in [0.29, 0.717) is 19.4 Å². The Bertz CT molecular complexity index is 752. The maximum Gasteiger partial charge on any atom is 0.334 e. The molecule has 0 aromatic carbocycles. The van der Waals surface area contributed by atoms with Crippen LogP contribution in [-0.2, 0) is 28.6 Å². The summed E-state index contributed by atoms with van der Waals surface area (Å²) in [5.74, 6) is -0.755. The molecular formula is C23H32O6. The fourth-order valence-corrected chi connectivity index (χ4v) is 6.15. The first-order valence-electron chi connectivity index (χ1n) is 10.4. The number of rotatable bonds is 5. The highest BCUT2D eigenvalue weighted by molar-refractivity contribution is 5.90. The third kappa shape index (κ3) is 3.62. The first-order chi connectivity index (χ1) is 13.6. The molecule has 6 heteroatoms. The predicted molar refractivity (Wildman–Crippen MR) is 107 cm³/mol. The van der Waals surface area contributed by atoms with Gasteiger partial charge in [0.1, 0.15) is 18.1 Å². The van der Waals surface area contributed by atoms with Gasteiger partial charge in [-0.2, -0.15) is 0 Å². The van der Waals surface area contributed by atoms with Crippen molar-refractivity contribution in [3.63, 3.8) is 0 Å². The minimum Gasteiger partial charge on any atom is -0.468 e. The molecule has 0 aromatic rings. The van der Waals surface area contributed by atoms with E-state index in [1.165, 1.54) is 19.6 Å². The number of carbonyl (C=O) groups is 3. The highest BCUT2D eigenvalue weighted by Crippen LogP contribution is 2.62. The summed E-state index contributed by atoms with van der Waals surface area (Å²) < 4.78 is 15.8. The second-order valence-electron chi connectivity index (χ2n) is 9.09. The van der Waals surface area contributed by atoms with Crippen LogP contribution in [0.4, 0.5) is 0 Å². The van der Waals surface area contributed by atoms with E-state index in [2.05, 4.69) is 13.5 Å². The van der Waals surface area contributed by atoms with Crippen molar-refractivity contribution in [3.8, 4) is 0 Å². The Morgan fingerprint density at radius 1 is 1.31 bits per heavy atom. The minimum absolute atomic E-state index is 0.000518. The molecule has 3 rings (SSSR count). The number of ether oxygens (including phenoxy) is 3. The Balaban J connectivity index is 1.91. The van der Waals surface area contributed by atoms with Crippen LogP contribution in [0.5, 0.6) is 0 Å². The Hall–Kier alpha value is -2.11. The molecule has 0 spiro atoms. The minimum atomic E-state index is -0.905. The lowest BCUT2D eigenvalue weighted by atomic mass is 9.46. The summed E-state index contributed by atoms with van der Waals surface area (Å²) in [6, 6.07) is 0. The summed E-state index contributed by atoms with van der Waals surface area (Å²) in [4.78, 5) is 36.5. The molecule has 0 bridgehead atoms. The molecule has 0 aromatic heterocycles. The zero-order valence-electron chi connectivity index (χ0n) is 17.9. The Labute approximate surface area is 172 Å². The lowest BCUT2D eigenvalue weighted by Crippen LogP contribution is -2.60. The maximum absolute atomic E-state index is 13.0. The largest absolute Gasteiger partial charge is 0.468 e. The topological polar surface area (TPSA) is 78.9 Å². The molecule has 0 amide bonds. The Kier molecular flexibility index (Phi) is 5.93. The number of fused-ring (bicyclic) bond motifs is 1. The first kappa shape index (κ1) is 21.6. The average Bonchev–Trinajstić information content (AvgIpc) is 3.07. The van der Waals surface area contributed by atoms with Gasteiger partial charge in [0, 0.05) is 12.5 Å². The second kappa shape index (κ2) is 7.96. The molecule has 0 saturated heterocycles. The van der Waals surface area contributed by atoms with E-state index in [9.17, 15) is 14.4 Å². The number of carbonyl (C=O) groups excluding carboxylic acids is 3. The molecule has 0 unspecified atom stereocenters. The van der Waals surface area contributed by atoms with Crippen molar-refractivity contribution in [3.05, 3.63) is 23.8 Å². The Morgan fingerprint density at radius 2 is 2.03 bits per heavy atom. The van der Waals surface area contributed by atoms with Crippen molar-refractivity contribution in [2.75, 3.05) is 13.7 Å². The highest BCUT2D eigenvalue weighted by atomic mass is 16.6. The molecule has 2 fully saturated rings. The average molecular weight is 405 g/mol. The van der Waals surface area contributed by atoms with Crippen LogP contribution in [0.15, 0.2) is 23.8 Å². The van der Waals surface area contributed by atoms with Crippen molar-refractivity contribution in [1.82, 2.24) is 0 Å². The van der Waals surface area contributed by atoms with E-state index in [1.54, 1.807) is 0 Å². The van der Waals surface area contributed by atoms with Gasteiger partial charge in [0.25, 0.3) is 0 Å². The summed E-state index contributed by atoms with van der Waals surface area (Å²) >= 11 is 0. The van der Waals surface area contributed by atoms with Crippen molar-refractivity contribution in [1.29, 1.82) is 0 Å². The SMILES string of the molecule is C=C1CC[C@H]2[C@@](C)(CC[C@@H](OC(C)=O)[C@@]2(C)C(=O)OC)[C@@H]1CCC1=CCOC1=O. The maximum atomic E-state index is 13.0. The molecule has 3 aliphatic rings. The predicted octanol–water partition coefficient (Wildman–Crippen LogP) is 3.74. The number of cyclic esters (lactones) is 1. The van der Waals surface area contributed by atoms with Crippen LogP contribution in [0, 0.1) is 22.7 Å². The lowest BCUT2D eigenvalue weighted by Gasteiger charge is -2.59. The van der Waals surface area contributed by atoms with Gasteiger partial charge in [0.2, 0.25) is 0 Å². The standard InChI is InChI=1S/C23H32O6/c1-14-6-9-18-22(3,17(14)8-7-16-11-13-28-20(16)25)12-10-19(29-15(2)24)23(18,4)21(26)27-5/h11,17-19H,1,6-10,12-13H2,2-5H3/t17-,18+,19-,22+,23+/m1/s1. The van der Waals surface area contributed by atoms with E-state index < -0.39 is 11.5 Å². The Morgan fingerprint density at radius 3 is 2.62 bits per heavy atom. The van der Waals surface area contributed by atoms with Crippen LogP contribution in [0.1, 0.15) is 59.3 Å². The molecule has 2 saturated carbocycles. The summed E-state index contributed by atoms with van der Waals surface area (Å²) in [5.41, 5.74) is 0.817. The van der Waals surface area contributed by atoms with E-state index in [1.807, 2.05) is 13.0 Å². The fourth-order valence-electron chi connectivity index (χ4n) is 6.15. The third-order valence-corrected chi connectivity index (χ3v) is 7.62. The molecule has 0 N–H and O–H groups in total. The normalized spacial score (nSPS) is 36.7. The van der Waals surface area contributed by atoms with E-state index in [4.69, 9.17) is 14.2 Å². The first-order valence-corrected chi connectivity index (χ1v) is 10.4. The zero-order chi connectivity index (χ0) is 21.4. The van der Waals surface area contributed by atoms with Gasteiger partial charge < -0.3 is 14.2 Å². The van der Waals surface area contributed by atoms with E-state index in [-0.39, 0.29) is 35.2 Å². The molecule has 1 aliphatic heterocycles. The molecule has 1 heterocycles. The third-order valence-electron chi connectivity index (χ3n) is 7.62. The van der Waals surface area contributed by atoms with Gasteiger partial charge in [-0.3, -0.25) is 9.59 Å². The van der Waals surface area contributed by atoms with E-state index >= 15 is 0 Å². The molecule has 29 heavy (non-hydrogen) atoms. The van der Waals surface area contributed by atoms with Crippen LogP contribution in [-0.4, -0.2) is 37.7 Å². The smallest absolute Gasteiger partial charge is 0.334 e. The molecule has 2 aliphatic carbocycles. The summed E-state index contributed by atoms with van der Waals surface area (Å²) in [6.07, 6.45) is 5.85. The monoisotopic (exact) mass is 404 g/mol. The van der Waals surface area contributed by atoms with Gasteiger partial charge in [-0.15, -0.1) is 0 Å². The van der Waals surface area contributed by atoms with Crippen molar-refractivity contribution in [2.24, 2.45) is 22.7 Å². The van der Waals surface area contributed by atoms with Crippen molar-refractivity contribution in [2.45, 2.75) is 65.4 Å². The summed E-state index contributed by atoms with van der Waals surface area (Å²) in [5, 5.41) is 0. The van der Waals surface area contributed by atoms with Gasteiger partial charge >= 0.3 is 17.9 Å². The molecule has 160 valence electrons. The van der Waals surface area contributed by atoms with Gasteiger partial charge in [-0.1, -0.05) is 19.1 Å². The van der Waals surface area contributed by atoms with Gasteiger partial charge in [-0.25, -0.2) is 4.79 Å². The summed E-state index contributed by atoms with van der Waals surface area (Å²) in [6.45, 7) is 10.2. The quantitative estimate of drug-likeness (QED) is 0.395. The van der Waals surface area contributed by atoms with E-state index in [0.717, 1.165) is 31.3 Å². The number of hydrogen-bond acceptors (Lipinski definition) is 6. The van der Waals surface area contributed by atoms with Crippen LogP contribution < -0.4 is 0 Å². The number of esters is 3. The van der Waals surface area contributed by atoms with Crippen LogP contribution >= 0.6 is 0 Å².